The van der Waals surface area contributed by atoms with Gasteiger partial charge in [-0.1, -0.05) is 0 Å². The summed E-state index contributed by atoms with van der Waals surface area (Å²) in [5.74, 6) is -0.192. The van der Waals surface area contributed by atoms with Crippen LogP contribution in [-0.4, -0.2) is 36.3 Å². The number of hydrogen-bond acceptors (Lipinski definition) is 4. The molecule has 2 aromatic carbocycles. The van der Waals surface area contributed by atoms with E-state index >= 15 is 0 Å². The highest BCUT2D eigenvalue weighted by atomic mass is 16.5. The molecule has 0 saturated heterocycles. The van der Waals surface area contributed by atoms with Crippen LogP contribution in [-0.2, 0) is 0 Å². The average molecular weight is 310 g/mol. The molecular weight excluding hydrogens is 296 g/mol. The Hall–Kier alpha value is -3.24. The summed E-state index contributed by atoms with van der Waals surface area (Å²) in [6.45, 7) is 0. The van der Waals surface area contributed by atoms with E-state index in [2.05, 4.69) is 4.79 Å². The fourth-order valence-corrected chi connectivity index (χ4v) is 1.95. The Balaban J connectivity index is 2.28. The molecule has 0 saturated carbocycles. The second-order valence-corrected chi connectivity index (χ2v) is 4.56. The summed E-state index contributed by atoms with van der Waals surface area (Å²) in [6.07, 6.45) is 0. The minimum Gasteiger partial charge on any atom is -0.497 e. The zero-order chi connectivity index (χ0) is 16.8. The molecule has 116 valence electrons. The van der Waals surface area contributed by atoms with Crippen LogP contribution in [0.1, 0.15) is 20.7 Å². The number of hydrogen-bond donors (Lipinski definition) is 0. The van der Waals surface area contributed by atoms with E-state index < -0.39 is 17.3 Å². The van der Waals surface area contributed by atoms with Crippen molar-refractivity contribution >= 4 is 17.3 Å². The lowest BCUT2D eigenvalue weighted by molar-refractivity contribution is -0.00699. The van der Waals surface area contributed by atoms with E-state index in [0.717, 1.165) is 0 Å². The standard InChI is InChI=1S/C17H14N2O4/c1-22-13-7-3-11(4-8-13)16(20)15(19-18)17(21)12-5-9-14(23-2)10-6-12/h3-10H,1-2H3. The van der Waals surface area contributed by atoms with E-state index in [4.69, 9.17) is 15.0 Å². The largest absolute Gasteiger partial charge is 0.497 e. The van der Waals surface area contributed by atoms with Crippen molar-refractivity contribution in [2.75, 3.05) is 14.2 Å². The Bertz CT molecular complexity index is 712. The molecule has 0 aliphatic rings. The van der Waals surface area contributed by atoms with Gasteiger partial charge >= 0.3 is 5.71 Å². The Kier molecular flexibility index (Phi) is 5.02. The fraction of sp³-hybridized carbons (Fsp3) is 0.118. The van der Waals surface area contributed by atoms with Gasteiger partial charge in [-0.15, -0.1) is 0 Å². The van der Waals surface area contributed by atoms with Gasteiger partial charge in [-0.05, 0) is 48.5 Å². The second kappa shape index (κ2) is 7.15. The summed E-state index contributed by atoms with van der Waals surface area (Å²) >= 11 is 0. The summed E-state index contributed by atoms with van der Waals surface area (Å²) in [5, 5.41) is 0. The Morgan fingerprint density at radius 1 is 0.783 bits per heavy atom. The lowest BCUT2D eigenvalue weighted by Gasteiger charge is -2.02. The normalized spacial score (nSPS) is 9.65. The summed E-state index contributed by atoms with van der Waals surface area (Å²) < 4.78 is 10.0. The maximum atomic E-state index is 12.3. The van der Waals surface area contributed by atoms with Crippen LogP contribution in [0.2, 0.25) is 0 Å². The molecule has 0 heterocycles. The molecule has 0 aromatic heterocycles. The van der Waals surface area contributed by atoms with Gasteiger partial charge in [0.25, 0.3) is 11.6 Å². The van der Waals surface area contributed by atoms with Crippen molar-refractivity contribution < 1.29 is 23.9 Å². The van der Waals surface area contributed by atoms with Crippen LogP contribution in [0.5, 0.6) is 11.5 Å². The molecule has 0 atom stereocenters. The zero-order valence-corrected chi connectivity index (χ0v) is 12.6. The molecule has 0 fully saturated rings. The van der Waals surface area contributed by atoms with Crippen molar-refractivity contribution in [2.45, 2.75) is 0 Å². The Labute approximate surface area is 132 Å². The van der Waals surface area contributed by atoms with Gasteiger partial charge in [0.2, 0.25) is 0 Å². The molecule has 0 spiro atoms. The molecule has 0 radical (unpaired) electrons. The van der Waals surface area contributed by atoms with Crippen LogP contribution in [0.4, 0.5) is 0 Å². The first-order valence-corrected chi connectivity index (χ1v) is 6.70. The zero-order valence-electron chi connectivity index (χ0n) is 12.6. The number of rotatable bonds is 6. The molecule has 6 nitrogen and oxygen atoms in total. The molecule has 23 heavy (non-hydrogen) atoms. The van der Waals surface area contributed by atoms with Crippen LogP contribution in [0.3, 0.4) is 0 Å². The first-order chi connectivity index (χ1) is 11.1. The van der Waals surface area contributed by atoms with Gasteiger partial charge < -0.3 is 15.0 Å². The lowest BCUT2D eigenvalue weighted by atomic mass is 9.99. The fourth-order valence-electron chi connectivity index (χ4n) is 1.95. The smallest absolute Gasteiger partial charge is 0.409 e. The van der Waals surface area contributed by atoms with Crippen molar-refractivity contribution in [3.05, 3.63) is 65.2 Å². The molecule has 0 unspecified atom stereocenters. The molecular formula is C17H14N2O4. The molecule has 0 aliphatic carbocycles. The molecule has 2 rings (SSSR count). The predicted octanol–water partition coefficient (Wildman–Crippen LogP) is 2.44. The van der Waals surface area contributed by atoms with E-state index in [0.29, 0.717) is 11.5 Å². The van der Waals surface area contributed by atoms with Crippen molar-refractivity contribution in [3.8, 4) is 11.5 Å². The summed E-state index contributed by atoms with van der Waals surface area (Å²) in [7, 11) is 3.01. The van der Waals surface area contributed by atoms with Crippen molar-refractivity contribution in [2.24, 2.45) is 0 Å². The number of benzene rings is 2. The Morgan fingerprint density at radius 2 is 1.13 bits per heavy atom. The van der Waals surface area contributed by atoms with Gasteiger partial charge in [-0.25, -0.2) is 0 Å². The van der Waals surface area contributed by atoms with Gasteiger partial charge in [-0.3, -0.25) is 9.59 Å². The van der Waals surface area contributed by atoms with Gasteiger partial charge in [0, 0.05) is 11.1 Å². The van der Waals surface area contributed by atoms with Gasteiger partial charge in [0.1, 0.15) is 11.5 Å². The summed E-state index contributed by atoms with van der Waals surface area (Å²) in [4.78, 5) is 27.6. The van der Waals surface area contributed by atoms with E-state index in [-0.39, 0.29) is 11.1 Å². The average Bonchev–Trinajstić information content (AvgIpc) is 2.62. The molecule has 0 amide bonds. The van der Waals surface area contributed by atoms with Gasteiger partial charge in [0.05, 0.1) is 14.2 Å². The molecule has 0 N–H and O–H groups in total. The topological polar surface area (TPSA) is 89.0 Å². The first-order valence-electron chi connectivity index (χ1n) is 6.70. The number of Topliss-reactive ketones (excluding diaryl/α,β-unsaturated/α-hetero) is 2. The van der Waals surface area contributed by atoms with E-state index in [1.54, 1.807) is 24.3 Å². The minimum atomic E-state index is -0.670. The number of ether oxygens (including phenoxy) is 2. The van der Waals surface area contributed by atoms with Crippen LogP contribution < -0.4 is 9.47 Å². The number of carbonyl (C=O) groups excluding carboxylic acids is 2. The number of ketones is 2. The number of nitrogens with zero attached hydrogens (tertiary/aromatic N) is 2. The number of methoxy groups -OCH3 is 2. The first kappa shape index (κ1) is 16.1. The predicted molar refractivity (Wildman–Crippen MR) is 83.3 cm³/mol. The summed E-state index contributed by atoms with van der Waals surface area (Å²) in [5.41, 5.74) is 8.98. The Morgan fingerprint density at radius 3 is 1.39 bits per heavy atom. The number of carbonyl (C=O) groups is 2. The maximum absolute atomic E-state index is 12.3. The highest BCUT2D eigenvalue weighted by Gasteiger charge is 2.31. The molecule has 6 heteroatoms. The molecule has 2 aromatic rings. The summed E-state index contributed by atoms with van der Waals surface area (Å²) in [6, 6.07) is 12.3. The highest BCUT2D eigenvalue weighted by molar-refractivity contribution is 6.70. The van der Waals surface area contributed by atoms with Crippen LogP contribution in [0.25, 0.3) is 5.53 Å². The van der Waals surface area contributed by atoms with E-state index in [1.165, 1.54) is 38.5 Å². The van der Waals surface area contributed by atoms with Gasteiger partial charge in [0.15, 0.2) is 0 Å². The molecule has 0 aliphatic heterocycles. The quantitative estimate of drug-likeness (QED) is 0.269. The van der Waals surface area contributed by atoms with E-state index in [9.17, 15) is 9.59 Å². The third-order valence-corrected chi connectivity index (χ3v) is 3.23. The lowest BCUT2D eigenvalue weighted by Crippen LogP contribution is -2.25. The molecule has 0 bridgehead atoms. The van der Waals surface area contributed by atoms with Crippen LogP contribution in [0, 0.1) is 0 Å². The SMILES string of the molecule is COc1ccc(C(=O)C(=[N+]=[N-])C(=O)c2ccc(OC)cc2)cc1. The van der Waals surface area contributed by atoms with Crippen LogP contribution >= 0.6 is 0 Å². The van der Waals surface area contributed by atoms with Gasteiger partial charge in [-0.2, -0.15) is 4.79 Å². The van der Waals surface area contributed by atoms with Crippen molar-refractivity contribution in [3.63, 3.8) is 0 Å². The van der Waals surface area contributed by atoms with E-state index in [1.807, 2.05) is 0 Å². The second-order valence-electron chi connectivity index (χ2n) is 4.56. The van der Waals surface area contributed by atoms with Crippen molar-refractivity contribution in [1.82, 2.24) is 0 Å². The minimum absolute atomic E-state index is 0.223. The van der Waals surface area contributed by atoms with Crippen LogP contribution in [0.15, 0.2) is 48.5 Å². The third kappa shape index (κ3) is 3.51. The maximum Gasteiger partial charge on any atom is 0.409 e. The van der Waals surface area contributed by atoms with Crippen molar-refractivity contribution in [1.29, 1.82) is 0 Å². The third-order valence-electron chi connectivity index (χ3n) is 3.23. The highest BCUT2D eigenvalue weighted by Crippen LogP contribution is 2.15. The monoisotopic (exact) mass is 310 g/mol.